The Hall–Kier alpha value is -1.76. The molecule has 2 rings (SSSR count). The molecule has 0 spiro atoms. The van der Waals surface area contributed by atoms with Crippen molar-refractivity contribution < 1.29 is 12.8 Å². The van der Waals surface area contributed by atoms with E-state index in [1.165, 1.54) is 28.9 Å². The largest absolute Gasteiger partial charge is 0.229 e. The van der Waals surface area contributed by atoms with Gasteiger partial charge in [0, 0.05) is 6.26 Å². The number of hydrogen-bond donors (Lipinski definition) is 0. The number of sulfone groups is 1. The molecule has 0 unspecified atom stereocenters. The molecule has 0 amide bonds. The number of rotatable bonds is 3. The third-order valence-electron chi connectivity index (χ3n) is 2.24. The monoisotopic (exact) mass is 269 g/mol. The van der Waals surface area contributed by atoms with Gasteiger partial charge in [0.1, 0.15) is 23.2 Å². The second-order valence-electron chi connectivity index (χ2n) is 4.03. The second-order valence-corrected chi connectivity index (χ2v) is 6.17. The van der Waals surface area contributed by atoms with Gasteiger partial charge in [0.15, 0.2) is 9.84 Å². The van der Waals surface area contributed by atoms with E-state index in [9.17, 15) is 12.8 Å². The molecule has 1 heterocycles. The predicted molar refractivity (Wildman–Crippen MR) is 64.6 cm³/mol. The van der Waals surface area contributed by atoms with Gasteiger partial charge < -0.3 is 0 Å². The summed E-state index contributed by atoms with van der Waals surface area (Å²) in [7, 11) is -3.20. The number of aromatic nitrogens is 3. The Morgan fingerprint density at radius 2 is 1.89 bits per heavy atom. The molecular formula is C11H12FN3O2S. The quantitative estimate of drug-likeness (QED) is 0.841. The Labute approximate surface area is 104 Å². The summed E-state index contributed by atoms with van der Waals surface area (Å²) in [5.41, 5.74) is 0.579. The van der Waals surface area contributed by atoms with Crippen molar-refractivity contribution >= 4 is 9.84 Å². The highest BCUT2D eigenvalue weighted by Crippen LogP contribution is 2.12. The van der Waals surface area contributed by atoms with E-state index in [-0.39, 0.29) is 11.6 Å². The second kappa shape index (κ2) is 4.49. The first-order valence-corrected chi connectivity index (χ1v) is 7.27. The molecule has 1 aromatic heterocycles. The average Bonchev–Trinajstić information content (AvgIpc) is 2.58. The molecule has 0 aliphatic heterocycles. The van der Waals surface area contributed by atoms with Crippen LogP contribution in [-0.4, -0.2) is 29.4 Å². The molecule has 0 aliphatic carbocycles. The molecule has 7 heteroatoms. The maximum atomic E-state index is 12.8. The molecule has 0 N–H and O–H groups in total. The minimum absolute atomic E-state index is 0.203. The summed E-state index contributed by atoms with van der Waals surface area (Å²) < 4.78 is 36.9. The predicted octanol–water partition coefficient (Wildman–Crippen LogP) is 1.26. The number of nitrogens with zero attached hydrogens (tertiary/aromatic N) is 3. The van der Waals surface area contributed by atoms with Crippen LogP contribution >= 0.6 is 0 Å². The minimum Gasteiger partial charge on any atom is -0.229 e. The van der Waals surface area contributed by atoms with Gasteiger partial charge in [0.25, 0.3) is 0 Å². The first-order valence-electron chi connectivity index (χ1n) is 5.21. The lowest BCUT2D eigenvalue weighted by molar-refractivity contribution is 0.598. The van der Waals surface area contributed by atoms with E-state index in [0.29, 0.717) is 17.3 Å². The minimum atomic E-state index is -3.20. The van der Waals surface area contributed by atoms with Crippen LogP contribution in [0.4, 0.5) is 4.39 Å². The van der Waals surface area contributed by atoms with Crippen LogP contribution in [0.2, 0.25) is 0 Å². The highest BCUT2D eigenvalue weighted by molar-refractivity contribution is 7.89. The highest BCUT2D eigenvalue weighted by atomic mass is 32.2. The lowest BCUT2D eigenvalue weighted by Crippen LogP contribution is -2.09. The van der Waals surface area contributed by atoms with Gasteiger partial charge in [-0.15, -0.1) is 0 Å². The zero-order valence-electron chi connectivity index (χ0n) is 9.96. The normalized spacial score (nSPS) is 11.7. The number of halogens is 1. The number of benzene rings is 1. The SMILES string of the molecule is Cc1nc(CS(C)(=O)=O)n(-c2ccc(F)cc2)n1. The molecule has 2 aromatic rings. The van der Waals surface area contributed by atoms with Crippen LogP contribution in [-0.2, 0) is 15.6 Å². The molecule has 96 valence electrons. The Balaban J connectivity index is 2.47. The van der Waals surface area contributed by atoms with E-state index >= 15 is 0 Å². The van der Waals surface area contributed by atoms with Crippen molar-refractivity contribution in [1.29, 1.82) is 0 Å². The fraction of sp³-hybridized carbons (Fsp3) is 0.273. The summed E-state index contributed by atoms with van der Waals surface area (Å²) in [6.45, 7) is 1.67. The summed E-state index contributed by atoms with van der Waals surface area (Å²) in [4.78, 5) is 4.07. The van der Waals surface area contributed by atoms with Crippen LogP contribution in [0, 0.1) is 12.7 Å². The summed E-state index contributed by atoms with van der Waals surface area (Å²) in [6, 6.07) is 5.62. The Bertz CT molecular complexity index is 662. The summed E-state index contributed by atoms with van der Waals surface area (Å²) in [6.07, 6.45) is 1.13. The third-order valence-corrected chi connectivity index (χ3v) is 3.03. The van der Waals surface area contributed by atoms with Gasteiger partial charge in [-0.1, -0.05) is 0 Å². The molecule has 1 aromatic carbocycles. The van der Waals surface area contributed by atoms with E-state index in [0.717, 1.165) is 6.26 Å². The Morgan fingerprint density at radius 1 is 1.28 bits per heavy atom. The molecule has 0 radical (unpaired) electrons. The van der Waals surface area contributed by atoms with Gasteiger partial charge in [0.2, 0.25) is 0 Å². The third kappa shape index (κ3) is 2.92. The smallest absolute Gasteiger partial charge is 0.154 e. The summed E-state index contributed by atoms with van der Waals surface area (Å²) in [5, 5.41) is 4.11. The first-order chi connectivity index (χ1) is 8.35. The van der Waals surface area contributed by atoms with E-state index in [2.05, 4.69) is 10.1 Å². The number of aryl methyl sites for hydroxylation is 1. The van der Waals surface area contributed by atoms with Crippen LogP contribution in [0.25, 0.3) is 5.69 Å². The van der Waals surface area contributed by atoms with Crippen LogP contribution < -0.4 is 0 Å². The lowest BCUT2D eigenvalue weighted by atomic mass is 10.3. The topological polar surface area (TPSA) is 64.8 Å². The molecule has 0 saturated carbocycles. The van der Waals surface area contributed by atoms with Gasteiger partial charge in [-0.2, -0.15) is 5.10 Å². The van der Waals surface area contributed by atoms with Gasteiger partial charge >= 0.3 is 0 Å². The van der Waals surface area contributed by atoms with Crippen molar-refractivity contribution in [3.8, 4) is 5.69 Å². The summed E-state index contributed by atoms with van der Waals surface area (Å²) >= 11 is 0. The van der Waals surface area contributed by atoms with E-state index in [1.54, 1.807) is 6.92 Å². The molecule has 18 heavy (non-hydrogen) atoms. The van der Waals surface area contributed by atoms with Crippen molar-refractivity contribution in [2.75, 3.05) is 6.26 Å². The standard InChI is InChI=1S/C11H12FN3O2S/c1-8-13-11(7-18(2,16)17)15(14-8)10-5-3-9(12)4-6-10/h3-6H,7H2,1-2H3. The fourth-order valence-electron chi connectivity index (χ4n) is 1.58. The Kier molecular flexibility index (Phi) is 3.16. The maximum absolute atomic E-state index is 12.8. The van der Waals surface area contributed by atoms with Crippen molar-refractivity contribution in [1.82, 2.24) is 14.8 Å². The van der Waals surface area contributed by atoms with Gasteiger partial charge in [-0.25, -0.2) is 22.5 Å². The van der Waals surface area contributed by atoms with Gasteiger partial charge in [-0.05, 0) is 31.2 Å². The molecule has 0 saturated heterocycles. The van der Waals surface area contributed by atoms with Crippen molar-refractivity contribution in [3.63, 3.8) is 0 Å². The van der Waals surface area contributed by atoms with Crippen molar-refractivity contribution in [2.45, 2.75) is 12.7 Å². The van der Waals surface area contributed by atoms with Crippen LogP contribution in [0.1, 0.15) is 11.6 Å². The van der Waals surface area contributed by atoms with E-state index in [1.807, 2.05) is 0 Å². The summed E-state index contributed by atoms with van der Waals surface area (Å²) in [5.74, 6) is 0.227. The highest BCUT2D eigenvalue weighted by Gasteiger charge is 2.14. The van der Waals surface area contributed by atoms with Crippen LogP contribution in [0.3, 0.4) is 0 Å². The molecule has 0 aliphatic rings. The molecule has 0 bridgehead atoms. The fourth-order valence-corrected chi connectivity index (χ4v) is 2.23. The molecular weight excluding hydrogens is 257 g/mol. The van der Waals surface area contributed by atoms with Crippen molar-refractivity contribution in [2.24, 2.45) is 0 Å². The van der Waals surface area contributed by atoms with E-state index < -0.39 is 9.84 Å². The average molecular weight is 269 g/mol. The molecule has 5 nitrogen and oxygen atoms in total. The van der Waals surface area contributed by atoms with Gasteiger partial charge in [-0.3, -0.25) is 0 Å². The first kappa shape index (κ1) is 12.7. The lowest BCUT2D eigenvalue weighted by Gasteiger charge is -2.04. The van der Waals surface area contributed by atoms with Crippen LogP contribution in [0.5, 0.6) is 0 Å². The maximum Gasteiger partial charge on any atom is 0.154 e. The zero-order chi connectivity index (χ0) is 13.3. The molecule has 0 atom stereocenters. The van der Waals surface area contributed by atoms with E-state index in [4.69, 9.17) is 0 Å². The van der Waals surface area contributed by atoms with Gasteiger partial charge in [0.05, 0.1) is 5.69 Å². The van der Waals surface area contributed by atoms with Crippen molar-refractivity contribution in [3.05, 3.63) is 41.7 Å². The number of hydrogen-bond acceptors (Lipinski definition) is 4. The Morgan fingerprint density at radius 3 is 2.44 bits per heavy atom. The zero-order valence-corrected chi connectivity index (χ0v) is 10.8. The van der Waals surface area contributed by atoms with Crippen LogP contribution in [0.15, 0.2) is 24.3 Å². The molecule has 0 fully saturated rings.